The maximum Gasteiger partial charge on any atom is 0.258 e. The third-order valence-corrected chi connectivity index (χ3v) is 3.64. The van der Waals surface area contributed by atoms with E-state index in [1.54, 1.807) is 0 Å². The van der Waals surface area contributed by atoms with Gasteiger partial charge in [0.1, 0.15) is 5.75 Å². The Labute approximate surface area is 132 Å². The van der Waals surface area contributed by atoms with Gasteiger partial charge in [0.25, 0.3) is 5.91 Å². The summed E-state index contributed by atoms with van der Waals surface area (Å²) in [5, 5.41) is 2.99. The Hall–Kier alpha value is -2.29. The lowest BCUT2D eigenvalue weighted by Gasteiger charge is -2.17. The Morgan fingerprint density at radius 2 is 1.82 bits per heavy atom. The van der Waals surface area contributed by atoms with Crippen molar-refractivity contribution in [2.75, 3.05) is 6.61 Å². The predicted molar refractivity (Wildman–Crippen MR) is 89.1 cm³/mol. The Morgan fingerprint density at radius 3 is 2.55 bits per heavy atom. The van der Waals surface area contributed by atoms with E-state index in [1.807, 2.05) is 38.1 Å². The summed E-state index contributed by atoms with van der Waals surface area (Å²) in [6.45, 7) is 8.12. The molecule has 3 heteroatoms. The summed E-state index contributed by atoms with van der Waals surface area (Å²) in [6, 6.07) is 13.9. The van der Waals surface area contributed by atoms with Crippen LogP contribution in [0.2, 0.25) is 0 Å². The van der Waals surface area contributed by atoms with Crippen LogP contribution in [0.5, 0.6) is 5.75 Å². The van der Waals surface area contributed by atoms with Crippen LogP contribution in [0.1, 0.15) is 35.2 Å². The largest absolute Gasteiger partial charge is 0.484 e. The van der Waals surface area contributed by atoms with E-state index in [1.165, 1.54) is 11.1 Å². The molecule has 0 aliphatic carbocycles. The van der Waals surface area contributed by atoms with Crippen molar-refractivity contribution in [3.05, 3.63) is 64.7 Å². The number of hydrogen-bond donors (Lipinski definition) is 1. The minimum Gasteiger partial charge on any atom is -0.484 e. The molecule has 1 unspecified atom stereocenters. The molecule has 0 aromatic heterocycles. The average Bonchev–Trinajstić information content (AvgIpc) is 2.47. The van der Waals surface area contributed by atoms with E-state index in [0.717, 1.165) is 16.9 Å². The molecule has 1 atom stereocenters. The third kappa shape index (κ3) is 4.35. The van der Waals surface area contributed by atoms with Crippen molar-refractivity contribution in [3.8, 4) is 5.75 Å². The molecule has 0 bridgehead atoms. The fourth-order valence-corrected chi connectivity index (χ4v) is 2.44. The van der Waals surface area contributed by atoms with Crippen molar-refractivity contribution in [1.29, 1.82) is 0 Å². The molecule has 0 fully saturated rings. The molecule has 116 valence electrons. The van der Waals surface area contributed by atoms with Crippen LogP contribution < -0.4 is 10.1 Å². The van der Waals surface area contributed by atoms with E-state index in [9.17, 15) is 4.79 Å². The first kappa shape index (κ1) is 16.1. The molecule has 2 aromatic carbocycles. The summed E-state index contributed by atoms with van der Waals surface area (Å²) in [6.07, 6.45) is 0. The first-order valence-electron chi connectivity index (χ1n) is 7.51. The number of ether oxygens (including phenoxy) is 1. The summed E-state index contributed by atoms with van der Waals surface area (Å²) in [5.41, 5.74) is 4.63. The Kier molecular flexibility index (Phi) is 5.21. The fourth-order valence-electron chi connectivity index (χ4n) is 2.44. The minimum atomic E-state index is -0.116. The zero-order valence-corrected chi connectivity index (χ0v) is 13.6. The minimum absolute atomic E-state index is 0.0264. The highest BCUT2D eigenvalue weighted by molar-refractivity contribution is 5.78. The second-order valence-corrected chi connectivity index (χ2v) is 5.75. The van der Waals surface area contributed by atoms with E-state index < -0.39 is 0 Å². The molecule has 1 N–H and O–H groups in total. The summed E-state index contributed by atoms with van der Waals surface area (Å²) in [4.78, 5) is 12.0. The van der Waals surface area contributed by atoms with Crippen LogP contribution >= 0.6 is 0 Å². The number of carbonyl (C=O) groups excluding carboxylic acids is 1. The molecule has 1 amide bonds. The predicted octanol–water partition coefficient (Wildman–Crippen LogP) is 3.87. The highest BCUT2D eigenvalue weighted by Crippen LogP contribution is 2.19. The summed E-state index contributed by atoms with van der Waals surface area (Å²) >= 11 is 0. The van der Waals surface area contributed by atoms with Crippen LogP contribution in [-0.2, 0) is 4.79 Å². The number of aryl methyl sites for hydroxylation is 3. The van der Waals surface area contributed by atoms with Crippen LogP contribution in [-0.4, -0.2) is 12.5 Å². The molecule has 0 saturated heterocycles. The molecule has 2 rings (SSSR count). The number of benzene rings is 2. The van der Waals surface area contributed by atoms with E-state index in [-0.39, 0.29) is 18.6 Å². The van der Waals surface area contributed by atoms with Gasteiger partial charge >= 0.3 is 0 Å². The maximum absolute atomic E-state index is 12.0. The van der Waals surface area contributed by atoms with Gasteiger partial charge in [-0.15, -0.1) is 0 Å². The van der Waals surface area contributed by atoms with E-state index >= 15 is 0 Å². The van der Waals surface area contributed by atoms with Crippen molar-refractivity contribution in [2.45, 2.75) is 33.7 Å². The number of amides is 1. The summed E-state index contributed by atoms with van der Waals surface area (Å²) < 4.78 is 5.53. The molecule has 0 spiro atoms. The van der Waals surface area contributed by atoms with Crippen molar-refractivity contribution in [1.82, 2.24) is 5.32 Å². The van der Waals surface area contributed by atoms with Gasteiger partial charge in [-0.25, -0.2) is 0 Å². The molecule has 2 aromatic rings. The quantitative estimate of drug-likeness (QED) is 0.910. The van der Waals surface area contributed by atoms with Gasteiger partial charge in [0.05, 0.1) is 6.04 Å². The fraction of sp³-hybridized carbons (Fsp3) is 0.316. The number of nitrogens with one attached hydrogen (secondary N) is 1. The number of hydrogen-bond acceptors (Lipinski definition) is 2. The van der Waals surface area contributed by atoms with Gasteiger partial charge in [0.15, 0.2) is 6.61 Å². The standard InChI is InChI=1S/C19H23NO2/c1-13-6-5-7-17(10-13)22-12-19(21)20-16(4)18-11-14(2)8-9-15(18)3/h5-11,16H,12H2,1-4H3,(H,20,21). The van der Waals surface area contributed by atoms with Gasteiger partial charge in [-0.3, -0.25) is 4.79 Å². The van der Waals surface area contributed by atoms with Gasteiger partial charge in [0, 0.05) is 0 Å². The molecule has 3 nitrogen and oxygen atoms in total. The zero-order chi connectivity index (χ0) is 16.1. The molecule has 0 heterocycles. The molecular formula is C19H23NO2. The van der Waals surface area contributed by atoms with Gasteiger partial charge in [-0.2, -0.15) is 0 Å². The lowest BCUT2D eigenvalue weighted by molar-refractivity contribution is -0.123. The van der Waals surface area contributed by atoms with Gasteiger partial charge in [-0.1, -0.05) is 35.9 Å². The van der Waals surface area contributed by atoms with Crippen LogP contribution in [0.3, 0.4) is 0 Å². The molecular weight excluding hydrogens is 274 g/mol. The SMILES string of the molecule is Cc1cccc(OCC(=O)NC(C)c2cc(C)ccc2C)c1. The Bertz CT molecular complexity index is 664. The topological polar surface area (TPSA) is 38.3 Å². The summed E-state index contributed by atoms with van der Waals surface area (Å²) in [5.74, 6) is 0.601. The Balaban J connectivity index is 1.92. The normalized spacial score (nSPS) is 11.8. The first-order valence-corrected chi connectivity index (χ1v) is 7.51. The second-order valence-electron chi connectivity index (χ2n) is 5.75. The van der Waals surface area contributed by atoms with E-state index in [4.69, 9.17) is 4.74 Å². The molecule has 0 radical (unpaired) electrons. The molecule has 0 aliphatic rings. The highest BCUT2D eigenvalue weighted by atomic mass is 16.5. The second kappa shape index (κ2) is 7.12. The first-order chi connectivity index (χ1) is 10.5. The number of rotatable bonds is 5. The average molecular weight is 297 g/mol. The van der Waals surface area contributed by atoms with Crippen molar-refractivity contribution in [2.24, 2.45) is 0 Å². The van der Waals surface area contributed by atoms with Gasteiger partial charge in [0.2, 0.25) is 0 Å². The van der Waals surface area contributed by atoms with Crippen molar-refractivity contribution in [3.63, 3.8) is 0 Å². The maximum atomic E-state index is 12.0. The van der Waals surface area contributed by atoms with Crippen LogP contribution in [0.4, 0.5) is 0 Å². The molecule has 22 heavy (non-hydrogen) atoms. The van der Waals surface area contributed by atoms with Gasteiger partial charge in [-0.05, 0) is 56.5 Å². The smallest absolute Gasteiger partial charge is 0.258 e. The van der Waals surface area contributed by atoms with Crippen LogP contribution in [0.15, 0.2) is 42.5 Å². The lowest BCUT2D eigenvalue weighted by Crippen LogP contribution is -2.31. The third-order valence-electron chi connectivity index (χ3n) is 3.64. The highest BCUT2D eigenvalue weighted by Gasteiger charge is 2.12. The van der Waals surface area contributed by atoms with Crippen LogP contribution in [0, 0.1) is 20.8 Å². The zero-order valence-electron chi connectivity index (χ0n) is 13.6. The summed E-state index contributed by atoms with van der Waals surface area (Å²) in [7, 11) is 0. The lowest BCUT2D eigenvalue weighted by atomic mass is 10.00. The van der Waals surface area contributed by atoms with Crippen molar-refractivity contribution >= 4 is 5.91 Å². The number of carbonyl (C=O) groups is 1. The van der Waals surface area contributed by atoms with Crippen LogP contribution in [0.25, 0.3) is 0 Å². The Morgan fingerprint density at radius 1 is 1.09 bits per heavy atom. The molecule has 0 saturated carbocycles. The van der Waals surface area contributed by atoms with Gasteiger partial charge < -0.3 is 10.1 Å². The van der Waals surface area contributed by atoms with E-state index in [0.29, 0.717) is 0 Å². The van der Waals surface area contributed by atoms with E-state index in [2.05, 4.69) is 37.4 Å². The molecule has 0 aliphatic heterocycles. The van der Waals surface area contributed by atoms with Crippen molar-refractivity contribution < 1.29 is 9.53 Å². The monoisotopic (exact) mass is 297 g/mol.